The van der Waals surface area contributed by atoms with Crippen LogP contribution >= 0.6 is 0 Å². The fourth-order valence-electron chi connectivity index (χ4n) is 3.11. The van der Waals surface area contributed by atoms with Gasteiger partial charge in [0.1, 0.15) is 5.75 Å². The number of rotatable bonds is 5. The first kappa shape index (κ1) is 15.6. The molecule has 1 aromatic rings. The fourth-order valence-corrected chi connectivity index (χ4v) is 3.11. The highest BCUT2D eigenvalue weighted by atomic mass is 16.5. The molecular formula is C17H24N2O2. The Labute approximate surface area is 126 Å². The van der Waals surface area contributed by atoms with Crippen LogP contribution in [0.25, 0.3) is 0 Å². The summed E-state index contributed by atoms with van der Waals surface area (Å²) in [6.45, 7) is 5.27. The maximum atomic E-state index is 11.4. The van der Waals surface area contributed by atoms with Gasteiger partial charge in [-0.3, -0.25) is 9.69 Å². The standard InChI is InChI=1S/C17H24N2O2/c1-4-16(20)18-12-14-6-5-11-19(2)17(14)13-7-9-15(21-3)10-8-13/h4,7-10,14,17H,1,5-6,11-12H2,2-3H3,(H,18,20). The zero-order valence-corrected chi connectivity index (χ0v) is 12.8. The Hall–Kier alpha value is -1.81. The van der Waals surface area contributed by atoms with Crippen LogP contribution in [-0.4, -0.2) is 38.1 Å². The highest BCUT2D eigenvalue weighted by Gasteiger charge is 2.30. The van der Waals surface area contributed by atoms with Crippen molar-refractivity contribution in [2.75, 3.05) is 27.2 Å². The number of hydrogen-bond donors (Lipinski definition) is 1. The van der Waals surface area contributed by atoms with E-state index in [0.29, 0.717) is 18.5 Å². The third kappa shape index (κ3) is 3.85. The van der Waals surface area contributed by atoms with Gasteiger partial charge in [-0.05, 0) is 56.1 Å². The molecule has 4 heteroatoms. The van der Waals surface area contributed by atoms with Crippen LogP contribution in [0.15, 0.2) is 36.9 Å². The van der Waals surface area contributed by atoms with E-state index in [-0.39, 0.29) is 5.91 Å². The van der Waals surface area contributed by atoms with Gasteiger partial charge in [0.25, 0.3) is 0 Å². The van der Waals surface area contributed by atoms with E-state index in [1.54, 1.807) is 7.11 Å². The fraction of sp³-hybridized carbons (Fsp3) is 0.471. The average Bonchev–Trinajstić information content (AvgIpc) is 2.52. The molecule has 0 aliphatic carbocycles. The molecule has 0 spiro atoms. The van der Waals surface area contributed by atoms with Crippen molar-refractivity contribution >= 4 is 5.91 Å². The SMILES string of the molecule is C=CC(=O)NCC1CCCN(C)C1c1ccc(OC)cc1. The van der Waals surface area contributed by atoms with E-state index in [4.69, 9.17) is 4.74 Å². The third-order valence-electron chi connectivity index (χ3n) is 4.19. The lowest BCUT2D eigenvalue weighted by molar-refractivity contribution is -0.116. The predicted molar refractivity (Wildman–Crippen MR) is 84.3 cm³/mol. The van der Waals surface area contributed by atoms with E-state index in [9.17, 15) is 4.79 Å². The van der Waals surface area contributed by atoms with Crippen LogP contribution in [0, 0.1) is 5.92 Å². The molecule has 114 valence electrons. The highest BCUT2D eigenvalue weighted by Crippen LogP contribution is 2.35. The molecular weight excluding hydrogens is 264 g/mol. The first-order valence-electron chi connectivity index (χ1n) is 7.40. The van der Waals surface area contributed by atoms with Gasteiger partial charge in [0.15, 0.2) is 0 Å². The summed E-state index contributed by atoms with van der Waals surface area (Å²) in [5.74, 6) is 1.19. The Morgan fingerprint density at radius 2 is 2.19 bits per heavy atom. The summed E-state index contributed by atoms with van der Waals surface area (Å²) in [6, 6.07) is 8.56. The lowest BCUT2D eigenvalue weighted by Gasteiger charge is -2.39. The molecule has 1 aliphatic rings. The Balaban J connectivity index is 2.13. The monoisotopic (exact) mass is 288 g/mol. The summed E-state index contributed by atoms with van der Waals surface area (Å²) >= 11 is 0. The van der Waals surface area contributed by atoms with Gasteiger partial charge in [0.2, 0.25) is 5.91 Å². The van der Waals surface area contributed by atoms with E-state index in [2.05, 4.69) is 36.0 Å². The molecule has 2 rings (SSSR count). The van der Waals surface area contributed by atoms with Crippen LogP contribution in [0.5, 0.6) is 5.75 Å². The van der Waals surface area contributed by atoms with E-state index in [0.717, 1.165) is 25.1 Å². The second-order valence-electron chi connectivity index (χ2n) is 5.55. The van der Waals surface area contributed by atoms with Crippen molar-refractivity contribution in [1.29, 1.82) is 0 Å². The second kappa shape index (κ2) is 7.27. The van der Waals surface area contributed by atoms with E-state index < -0.39 is 0 Å². The normalized spacial score (nSPS) is 22.6. The lowest BCUT2D eigenvalue weighted by Crippen LogP contribution is -2.41. The maximum Gasteiger partial charge on any atom is 0.243 e. The van der Waals surface area contributed by atoms with Crippen LogP contribution in [-0.2, 0) is 4.79 Å². The minimum atomic E-state index is -0.100. The van der Waals surface area contributed by atoms with Gasteiger partial charge in [-0.25, -0.2) is 0 Å². The number of ether oxygens (including phenoxy) is 1. The van der Waals surface area contributed by atoms with Crippen molar-refractivity contribution in [3.8, 4) is 5.75 Å². The molecule has 1 N–H and O–H groups in total. The summed E-state index contributed by atoms with van der Waals surface area (Å²) in [6.07, 6.45) is 3.62. The first-order valence-corrected chi connectivity index (χ1v) is 7.40. The maximum absolute atomic E-state index is 11.4. The molecule has 1 saturated heterocycles. The highest BCUT2D eigenvalue weighted by molar-refractivity contribution is 5.86. The number of carbonyl (C=O) groups excluding carboxylic acids is 1. The smallest absolute Gasteiger partial charge is 0.243 e. The number of benzene rings is 1. The van der Waals surface area contributed by atoms with Gasteiger partial charge < -0.3 is 10.1 Å². The molecule has 1 aliphatic heterocycles. The van der Waals surface area contributed by atoms with Crippen molar-refractivity contribution < 1.29 is 9.53 Å². The topological polar surface area (TPSA) is 41.6 Å². The zero-order valence-electron chi connectivity index (χ0n) is 12.8. The molecule has 4 nitrogen and oxygen atoms in total. The Morgan fingerprint density at radius 1 is 1.48 bits per heavy atom. The van der Waals surface area contributed by atoms with Crippen molar-refractivity contribution in [2.45, 2.75) is 18.9 Å². The number of amides is 1. The summed E-state index contributed by atoms with van der Waals surface area (Å²) in [4.78, 5) is 13.8. The number of likely N-dealkylation sites (tertiary alicyclic amines) is 1. The number of carbonyl (C=O) groups is 1. The minimum Gasteiger partial charge on any atom is -0.497 e. The predicted octanol–water partition coefficient (Wildman–Crippen LogP) is 2.38. The first-order chi connectivity index (χ1) is 10.2. The van der Waals surface area contributed by atoms with Crippen LogP contribution in [0.3, 0.4) is 0 Å². The molecule has 1 aromatic carbocycles. The van der Waals surface area contributed by atoms with E-state index in [1.165, 1.54) is 11.6 Å². The largest absolute Gasteiger partial charge is 0.497 e. The number of methoxy groups -OCH3 is 1. The van der Waals surface area contributed by atoms with Crippen molar-refractivity contribution in [3.63, 3.8) is 0 Å². The Morgan fingerprint density at radius 3 is 2.81 bits per heavy atom. The molecule has 0 saturated carbocycles. The summed E-state index contributed by atoms with van der Waals surface area (Å²) < 4.78 is 5.22. The van der Waals surface area contributed by atoms with Crippen LogP contribution < -0.4 is 10.1 Å². The van der Waals surface area contributed by atoms with Gasteiger partial charge in [-0.2, -0.15) is 0 Å². The van der Waals surface area contributed by atoms with Gasteiger partial charge >= 0.3 is 0 Å². The number of nitrogens with zero attached hydrogens (tertiary/aromatic N) is 1. The molecule has 1 amide bonds. The molecule has 0 radical (unpaired) electrons. The number of nitrogens with one attached hydrogen (secondary N) is 1. The molecule has 2 atom stereocenters. The van der Waals surface area contributed by atoms with Crippen LogP contribution in [0.1, 0.15) is 24.4 Å². The Bertz CT molecular complexity index is 484. The van der Waals surface area contributed by atoms with E-state index >= 15 is 0 Å². The number of hydrogen-bond acceptors (Lipinski definition) is 3. The molecule has 1 heterocycles. The van der Waals surface area contributed by atoms with Crippen LogP contribution in [0.2, 0.25) is 0 Å². The summed E-state index contributed by atoms with van der Waals surface area (Å²) in [7, 11) is 3.83. The second-order valence-corrected chi connectivity index (χ2v) is 5.55. The zero-order chi connectivity index (χ0) is 15.2. The van der Waals surface area contributed by atoms with E-state index in [1.807, 2.05) is 12.1 Å². The summed E-state index contributed by atoms with van der Waals surface area (Å²) in [5.41, 5.74) is 1.27. The summed E-state index contributed by atoms with van der Waals surface area (Å²) in [5, 5.41) is 2.94. The molecule has 0 aromatic heterocycles. The van der Waals surface area contributed by atoms with Gasteiger partial charge in [-0.15, -0.1) is 0 Å². The molecule has 2 unspecified atom stereocenters. The molecule has 1 fully saturated rings. The molecule has 21 heavy (non-hydrogen) atoms. The Kier molecular flexibility index (Phi) is 5.39. The van der Waals surface area contributed by atoms with Crippen LogP contribution in [0.4, 0.5) is 0 Å². The van der Waals surface area contributed by atoms with Gasteiger partial charge in [-0.1, -0.05) is 18.7 Å². The van der Waals surface area contributed by atoms with Crippen molar-refractivity contribution in [1.82, 2.24) is 10.2 Å². The van der Waals surface area contributed by atoms with Crippen molar-refractivity contribution in [3.05, 3.63) is 42.5 Å². The number of piperidine rings is 1. The average molecular weight is 288 g/mol. The van der Waals surface area contributed by atoms with Gasteiger partial charge in [0, 0.05) is 12.6 Å². The van der Waals surface area contributed by atoms with Crippen molar-refractivity contribution in [2.24, 2.45) is 5.92 Å². The quantitative estimate of drug-likeness (QED) is 0.846. The lowest BCUT2D eigenvalue weighted by atomic mass is 9.85. The molecule has 0 bridgehead atoms. The van der Waals surface area contributed by atoms with Gasteiger partial charge in [0.05, 0.1) is 7.11 Å². The third-order valence-corrected chi connectivity index (χ3v) is 4.19. The minimum absolute atomic E-state index is 0.100.